The highest BCUT2D eigenvalue weighted by Gasteiger charge is 2.07. The first-order valence-electron chi connectivity index (χ1n) is 6.52. The lowest BCUT2D eigenvalue weighted by Crippen LogP contribution is -2.23. The van der Waals surface area contributed by atoms with E-state index in [0.29, 0.717) is 18.8 Å². The van der Waals surface area contributed by atoms with Gasteiger partial charge in [0.05, 0.1) is 13.5 Å². The number of aromatic nitrogens is 2. The number of nitrogens with zero attached hydrogens (tertiary/aromatic N) is 3. The van der Waals surface area contributed by atoms with E-state index < -0.39 is 0 Å². The van der Waals surface area contributed by atoms with Crippen LogP contribution < -0.4 is 10.2 Å². The van der Waals surface area contributed by atoms with Crippen molar-refractivity contribution in [1.29, 1.82) is 0 Å². The summed E-state index contributed by atoms with van der Waals surface area (Å²) in [7, 11) is 1.38. The quantitative estimate of drug-likeness (QED) is 0.756. The molecule has 6 heteroatoms. The molecule has 1 N–H and O–H groups in total. The minimum atomic E-state index is -0.234. The fourth-order valence-corrected chi connectivity index (χ4v) is 1.75. The smallest absolute Gasteiger partial charge is 0.307 e. The third kappa shape index (κ3) is 4.73. The molecule has 1 aromatic heterocycles. The van der Waals surface area contributed by atoms with E-state index in [0.717, 1.165) is 24.7 Å². The van der Waals surface area contributed by atoms with Gasteiger partial charge in [-0.05, 0) is 20.8 Å². The van der Waals surface area contributed by atoms with Gasteiger partial charge < -0.3 is 15.0 Å². The fraction of sp³-hybridized carbons (Fsp3) is 0.615. The van der Waals surface area contributed by atoms with Crippen LogP contribution in [0.5, 0.6) is 0 Å². The Kier molecular flexibility index (Phi) is 6.05. The molecule has 19 heavy (non-hydrogen) atoms. The van der Waals surface area contributed by atoms with Crippen LogP contribution >= 0.6 is 0 Å². The number of esters is 1. The Morgan fingerprint density at radius 1 is 1.37 bits per heavy atom. The maximum atomic E-state index is 11.0. The molecule has 0 amide bonds. The van der Waals surface area contributed by atoms with Gasteiger partial charge in [-0.15, -0.1) is 0 Å². The van der Waals surface area contributed by atoms with Crippen LogP contribution in [0.25, 0.3) is 0 Å². The maximum absolute atomic E-state index is 11.0. The zero-order valence-corrected chi connectivity index (χ0v) is 12.1. The summed E-state index contributed by atoms with van der Waals surface area (Å²) in [4.78, 5) is 21.9. The van der Waals surface area contributed by atoms with E-state index in [2.05, 4.69) is 38.8 Å². The molecule has 0 aliphatic carbocycles. The lowest BCUT2D eigenvalue weighted by Gasteiger charge is -2.20. The van der Waals surface area contributed by atoms with Crippen LogP contribution in [0.1, 0.15) is 26.1 Å². The molecule has 106 valence electrons. The van der Waals surface area contributed by atoms with Crippen LogP contribution in [0.4, 0.5) is 11.6 Å². The predicted octanol–water partition coefficient (Wildman–Crippen LogP) is 1.61. The first-order valence-corrected chi connectivity index (χ1v) is 6.52. The van der Waals surface area contributed by atoms with Gasteiger partial charge in [-0.3, -0.25) is 4.79 Å². The van der Waals surface area contributed by atoms with Gasteiger partial charge in [0.1, 0.15) is 17.5 Å². The number of carbonyl (C=O) groups is 1. The Morgan fingerprint density at radius 2 is 2.05 bits per heavy atom. The average molecular weight is 266 g/mol. The minimum absolute atomic E-state index is 0.234. The number of aryl methyl sites for hydroxylation is 1. The van der Waals surface area contributed by atoms with E-state index >= 15 is 0 Å². The van der Waals surface area contributed by atoms with Crippen LogP contribution in [0.3, 0.4) is 0 Å². The lowest BCUT2D eigenvalue weighted by molar-refractivity contribution is -0.140. The SMILES string of the molecule is CCN(CC)c1cc(NCCC(=O)OC)nc(C)n1. The number of rotatable bonds is 7. The summed E-state index contributed by atoms with van der Waals surface area (Å²) in [6.07, 6.45) is 0.320. The largest absolute Gasteiger partial charge is 0.469 e. The van der Waals surface area contributed by atoms with Crippen molar-refractivity contribution in [1.82, 2.24) is 9.97 Å². The molecular weight excluding hydrogens is 244 g/mol. The number of hydrogen-bond donors (Lipinski definition) is 1. The predicted molar refractivity (Wildman–Crippen MR) is 75.5 cm³/mol. The van der Waals surface area contributed by atoms with Crippen molar-refractivity contribution >= 4 is 17.6 Å². The van der Waals surface area contributed by atoms with Crippen molar-refractivity contribution in [3.63, 3.8) is 0 Å². The molecule has 0 atom stereocenters. The molecular formula is C13H22N4O2. The molecule has 0 spiro atoms. The number of methoxy groups -OCH3 is 1. The van der Waals surface area contributed by atoms with Crippen LogP contribution in [0.15, 0.2) is 6.07 Å². The summed E-state index contributed by atoms with van der Waals surface area (Å²) in [5.74, 6) is 2.11. The van der Waals surface area contributed by atoms with Crippen LogP contribution in [-0.2, 0) is 9.53 Å². The summed E-state index contributed by atoms with van der Waals surface area (Å²) in [6, 6.07) is 1.90. The van der Waals surface area contributed by atoms with Gasteiger partial charge in [0.15, 0.2) is 0 Å². The molecule has 0 saturated carbocycles. The molecule has 0 fully saturated rings. The average Bonchev–Trinajstić information content (AvgIpc) is 2.39. The minimum Gasteiger partial charge on any atom is -0.469 e. The van der Waals surface area contributed by atoms with Crippen molar-refractivity contribution in [2.75, 3.05) is 37.0 Å². The standard InChI is InChI=1S/C13H22N4O2/c1-5-17(6-2)12-9-11(15-10(3)16-12)14-8-7-13(18)19-4/h9H,5-8H2,1-4H3,(H,14,15,16). The van der Waals surface area contributed by atoms with Crippen LogP contribution in [0, 0.1) is 6.92 Å². The highest BCUT2D eigenvalue weighted by Crippen LogP contribution is 2.15. The van der Waals surface area contributed by atoms with Crippen molar-refractivity contribution in [3.8, 4) is 0 Å². The molecule has 1 heterocycles. The summed E-state index contributed by atoms with van der Waals surface area (Å²) >= 11 is 0. The maximum Gasteiger partial charge on any atom is 0.307 e. The topological polar surface area (TPSA) is 67.4 Å². The van der Waals surface area contributed by atoms with Gasteiger partial charge in [-0.25, -0.2) is 9.97 Å². The number of carbonyl (C=O) groups excluding carboxylic acids is 1. The van der Waals surface area contributed by atoms with Gasteiger partial charge in [0.25, 0.3) is 0 Å². The molecule has 1 rings (SSSR count). The second-order valence-corrected chi connectivity index (χ2v) is 4.08. The lowest BCUT2D eigenvalue weighted by atomic mass is 10.4. The van der Waals surface area contributed by atoms with Crippen LogP contribution in [0.2, 0.25) is 0 Å². The molecule has 0 aromatic carbocycles. The van der Waals surface area contributed by atoms with Crippen molar-refractivity contribution in [2.45, 2.75) is 27.2 Å². The normalized spacial score (nSPS) is 10.1. The highest BCUT2D eigenvalue weighted by atomic mass is 16.5. The third-order valence-electron chi connectivity index (χ3n) is 2.77. The number of ether oxygens (including phenoxy) is 1. The molecule has 1 aromatic rings. The van der Waals surface area contributed by atoms with Gasteiger partial charge >= 0.3 is 5.97 Å². The van der Waals surface area contributed by atoms with E-state index in [1.807, 2.05) is 13.0 Å². The summed E-state index contributed by atoms with van der Waals surface area (Å²) < 4.78 is 4.59. The zero-order valence-electron chi connectivity index (χ0n) is 12.1. The fourth-order valence-electron chi connectivity index (χ4n) is 1.75. The first-order chi connectivity index (χ1) is 9.10. The van der Waals surface area contributed by atoms with Crippen molar-refractivity contribution in [3.05, 3.63) is 11.9 Å². The molecule has 0 aliphatic heterocycles. The van der Waals surface area contributed by atoms with E-state index in [1.54, 1.807) is 0 Å². The van der Waals surface area contributed by atoms with Gasteiger partial charge in [0.2, 0.25) is 0 Å². The third-order valence-corrected chi connectivity index (χ3v) is 2.77. The van der Waals surface area contributed by atoms with E-state index in [4.69, 9.17) is 0 Å². The van der Waals surface area contributed by atoms with E-state index in [1.165, 1.54) is 7.11 Å². The van der Waals surface area contributed by atoms with Gasteiger partial charge in [0, 0.05) is 25.7 Å². The Balaban J connectivity index is 2.71. The van der Waals surface area contributed by atoms with E-state index in [9.17, 15) is 4.79 Å². The molecule has 0 bridgehead atoms. The molecule has 6 nitrogen and oxygen atoms in total. The van der Waals surface area contributed by atoms with Gasteiger partial charge in [-0.1, -0.05) is 0 Å². The molecule has 0 unspecified atom stereocenters. The van der Waals surface area contributed by atoms with Crippen molar-refractivity contribution < 1.29 is 9.53 Å². The highest BCUT2D eigenvalue weighted by molar-refractivity contribution is 5.69. The molecule has 0 saturated heterocycles. The van der Waals surface area contributed by atoms with Crippen molar-refractivity contribution in [2.24, 2.45) is 0 Å². The Hall–Kier alpha value is -1.85. The Labute approximate surface area is 114 Å². The number of anilines is 2. The Morgan fingerprint density at radius 3 is 2.63 bits per heavy atom. The second-order valence-electron chi connectivity index (χ2n) is 4.08. The van der Waals surface area contributed by atoms with E-state index in [-0.39, 0.29) is 5.97 Å². The first kappa shape index (κ1) is 15.2. The number of hydrogen-bond acceptors (Lipinski definition) is 6. The monoisotopic (exact) mass is 266 g/mol. The second kappa shape index (κ2) is 7.56. The van der Waals surface area contributed by atoms with Gasteiger partial charge in [-0.2, -0.15) is 0 Å². The molecule has 0 radical (unpaired) electrons. The molecule has 0 aliphatic rings. The summed E-state index contributed by atoms with van der Waals surface area (Å²) in [5, 5.41) is 3.12. The van der Waals surface area contributed by atoms with Crippen LogP contribution in [-0.4, -0.2) is 42.7 Å². The zero-order chi connectivity index (χ0) is 14.3. The summed E-state index contributed by atoms with van der Waals surface area (Å²) in [5.41, 5.74) is 0. The summed E-state index contributed by atoms with van der Waals surface area (Å²) in [6.45, 7) is 8.33. The number of nitrogens with one attached hydrogen (secondary N) is 1. The Bertz CT molecular complexity index is 419.